The van der Waals surface area contributed by atoms with Crippen molar-refractivity contribution in [3.8, 4) is 17.6 Å². The lowest BCUT2D eigenvalue weighted by Gasteiger charge is -2.12. The summed E-state index contributed by atoms with van der Waals surface area (Å²) in [5.74, 6) is 1.38. The van der Waals surface area contributed by atoms with Gasteiger partial charge in [0.15, 0.2) is 11.5 Å². The van der Waals surface area contributed by atoms with Crippen LogP contribution < -0.4 is 14.8 Å². The monoisotopic (exact) mass is 372 g/mol. The molecule has 0 aliphatic carbocycles. The molecule has 1 heterocycles. The zero-order valence-corrected chi connectivity index (χ0v) is 16.3. The second-order valence-electron chi connectivity index (χ2n) is 6.96. The molecule has 2 rings (SSSR count). The van der Waals surface area contributed by atoms with E-state index in [9.17, 15) is 10.1 Å². The lowest BCUT2D eigenvalue weighted by atomic mass is 10.1. The van der Waals surface area contributed by atoms with Gasteiger partial charge in [0.1, 0.15) is 11.6 Å². The molecule has 0 saturated carbocycles. The van der Waals surface area contributed by atoms with Gasteiger partial charge in [-0.25, -0.2) is 0 Å². The maximum atomic E-state index is 12.2. The van der Waals surface area contributed by atoms with Gasteiger partial charge in [0.2, 0.25) is 0 Å². The predicted molar refractivity (Wildman–Crippen MR) is 104 cm³/mol. The number of nitrogens with one attached hydrogen (secondary N) is 1. The summed E-state index contributed by atoms with van der Waals surface area (Å²) in [5, 5.41) is 12.1. The van der Waals surface area contributed by atoms with Crippen molar-refractivity contribution in [1.29, 1.82) is 5.26 Å². The van der Waals surface area contributed by atoms with Crippen molar-refractivity contribution in [3.63, 3.8) is 0 Å². The molecule has 0 radical (unpaired) electrons. The molecular formula is C21H28N2O4. The molecule has 146 valence electrons. The van der Waals surface area contributed by atoms with Crippen molar-refractivity contribution >= 4 is 12.0 Å². The molecule has 6 nitrogen and oxygen atoms in total. The fourth-order valence-corrected chi connectivity index (χ4v) is 2.72. The van der Waals surface area contributed by atoms with Crippen molar-refractivity contribution in [2.75, 3.05) is 26.9 Å². The highest BCUT2D eigenvalue weighted by molar-refractivity contribution is 6.01. The molecule has 1 aromatic rings. The molecule has 1 amide bonds. The van der Waals surface area contributed by atoms with Crippen LogP contribution >= 0.6 is 0 Å². The Bertz CT molecular complexity index is 701. The van der Waals surface area contributed by atoms with Crippen LogP contribution in [0, 0.1) is 17.2 Å². The first-order chi connectivity index (χ1) is 13.0. The van der Waals surface area contributed by atoms with Gasteiger partial charge in [-0.15, -0.1) is 0 Å². The molecule has 27 heavy (non-hydrogen) atoms. The molecule has 0 spiro atoms. The lowest BCUT2D eigenvalue weighted by Crippen LogP contribution is -2.32. The molecule has 1 N–H and O–H groups in total. The Balaban J connectivity index is 2.03. The van der Waals surface area contributed by atoms with E-state index in [0.717, 1.165) is 25.9 Å². The van der Waals surface area contributed by atoms with E-state index in [1.165, 1.54) is 0 Å². The third kappa shape index (κ3) is 6.61. The SMILES string of the molecule is COc1cc(/C=C(/C#N)C(=O)NC[C@H]2CCCO2)ccc1OCCC(C)C. The van der Waals surface area contributed by atoms with Crippen molar-refractivity contribution in [2.45, 2.75) is 39.2 Å². The first-order valence-electron chi connectivity index (χ1n) is 9.36. The summed E-state index contributed by atoms with van der Waals surface area (Å²) in [7, 11) is 1.57. The van der Waals surface area contributed by atoms with E-state index in [1.54, 1.807) is 31.4 Å². The van der Waals surface area contributed by atoms with Crippen LogP contribution in [0.1, 0.15) is 38.7 Å². The molecule has 6 heteroatoms. The average Bonchev–Trinajstić information content (AvgIpc) is 3.18. The van der Waals surface area contributed by atoms with Gasteiger partial charge >= 0.3 is 0 Å². The second kappa shape index (κ2) is 10.6. The van der Waals surface area contributed by atoms with Gasteiger partial charge in [0.05, 0.1) is 19.8 Å². The van der Waals surface area contributed by atoms with Crippen molar-refractivity contribution in [1.82, 2.24) is 5.32 Å². The topological polar surface area (TPSA) is 80.6 Å². The summed E-state index contributed by atoms with van der Waals surface area (Å²) in [5.41, 5.74) is 0.746. The van der Waals surface area contributed by atoms with E-state index >= 15 is 0 Å². The second-order valence-corrected chi connectivity index (χ2v) is 6.96. The van der Waals surface area contributed by atoms with Crippen LogP contribution in [0.4, 0.5) is 0 Å². The zero-order valence-electron chi connectivity index (χ0n) is 16.3. The summed E-state index contributed by atoms with van der Waals surface area (Å²) in [6.45, 7) is 6.04. The maximum Gasteiger partial charge on any atom is 0.262 e. The van der Waals surface area contributed by atoms with Crippen LogP contribution in [-0.4, -0.2) is 38.9 Å². The largest absolute Gasteiger partial charge is 0.493 e. The molecule has 1 saturated heterocycles. The van der Waals surface area contributed by atoms with Gasteiger partial charge in [-0.1, -0.05) is 19.9 Å². The number of hydrogen-bond acceptors (Lipinski definition) is 5. The molecule has 0 aromatic heterocycles. The fraction of sp³-hybridized carbons (Fsp3) is 0.524. The highest BCUT2D eigenvalue weighted by Crippen LogP contribution is 2.29. The number of hydrogen-bond donors (Lipinski definition) is 1. The quantitative estimate of drug-likeness (QED) is 0.531. The van der Waals surface area contributed by atoms with Crippen molar-refractivity contribution in [2.24, 2.45) is 5.92 Å². The van der Waals surface area contributed by atoms with Gasteiger partial charge in [-0.3, -0.25) is 4.79 Å². The standard InChI is InChI=1S/C21H28N2O4/c1-15(2)8-10-27-19-7-6-16(12-20(19)25-3)11-17(13-22)21(24)23-14-18-5-4-9-26-18/h6-7,11-12,15,18H,4-5,8-10,14H2,1-3H3,(H,23,24)/b17-11-/t18-/m1/s1. The Morgan fingerprint density at radius 1 is 1.44 bits per heavy atom. The first-order valence-corrected chi connectivity index (χ1v) is 9.36. The number of amides is 1. The van der Waals surface area contributed by atoms with Gasteiger partial charge in [-0.05, 0) is 49.0 Å². The zero-order chi connectivity index (χ0) is 19.6. The molecule has 0 bridgehead atoms. The van der Waals surface area contributed by atoms with E-state index in [4.69, 9.17) is 14.2 Å². The van der Waals surface area contributed by atoms with Crippen molar-refractivity contribution in [3.05, 3.63) is 29.3 Å². The highest BCUT2D eigenvalue weighted by atomic mass is 16.5. The minimum Gasteiger partial charge on any atom is -0.493 e. The van der Waals surface area contributed by atoms with Crippen molar-refractivity contribution < 1.29 is 19.0 Å². The Morgan fingerprint density at radius 2 is 2.26 bits per heavy atom. The summed E-state index contributed by atoms with van der Waals surface area (Å²) in [6, 6.07) is 7.32. The van der Waals surface area contributed by atoms with Crippen LogP contribution in [0.25, 0.3) is 6.08 Å². The summed E-state index contributed by atoms with van der Waals surface area (Å²) in [6.07, 6.45) is 4.48. The van der Waals surface area contributed by atoms with Gasteiger partial charge in [-0.2, -0.15) is 5.26 Å². The van der Waals surface area contributed by atoms with Crippen LogP contribution in [0.2, 0.25) is 0 Å². The number of nitrogens with zero attached hydrogens (tertiary/aromatic N) is 1. The van der Waals surface area contributed by atoms with Gasteiger partial charge in [0.25, 0.3) is 5.91 Å². The molecule has 1 aliphatic heterocycles. The third-order valence-electron chi connectivity index (χ3n) is 4.33. The number of methoxy groups -OCH3 is 1. The maximum absolute atomic E-state index is 12.2. The number of benzene rings is 1. The number of nitriles is 1. The van der Waals surface area contributed by atoms with E-state index in [1.807, 2.05) is 6.07 Å². The average molecular weight is 372 g/mol. The smallest absolute Gasteiger partial charge is 0.262 e. The van der Waals surface area contributed by atoms with Crippen LogP contribution in [-0.2, 0) is 9.53 Å². The fourth-order valence-electron chi connectivity index (χ4n) is 2.72. The van der Waals surface area contributed by atoms with E-state index in [-0.39, 0.29) is 11.7 Å². The van der Waals surface area contributed by atoms with E-state index < -0.39 is 5.91 Å². The normalized spacial score (nSPS) is 16.9. The number of carbonyl (C=O) groups excluding carboxylic acids is 1. The summed E-state index contributed by atoms with van der Waals surface area (Å²) in [4.78, 5) is 12.2. The van der Waals surface area contributed by atoms with Crippen LogP contribution in [0.15, 0.2) is 23.8 Å². The van der Waals surface area contributed by atoms with E-state index in [0.29, 0.717) is 36.1 Å². The van der Waals surface area contributed by atoms with Crippen LogP contribution in [0.3, 0.4) is 0 Å². The minimum atomic E-state index is -0.399. The molecule has 1 aliphatic rings. The molecule has 1 fully saturated rings. The number of rotatable bonds is 9. The lowest BCUT2D eigenvalue weighted by molar-refractivity contribution is -0.117. The Kier molecular flexibility index (Phi) is 8.15. The molecule has 1 aromatic carbocycles. The molecular weight excluding hydrogens is 344 g/mol. The molecule has 1 atom stereocenters. The van der Waals surface area contributed by atoms with Gasteiger partial charge < -0.3 is 19.5 Å². The summed E-state index contributed by atoms with van der Waals surface area (Å²) < 4.78 is 16.6. The first kappa shape index (κ1) is 20.8. The highest BCUT2D eigenvalue weighted by Gasteiger charge is 2.17. The Morgan fingerprint density at radius 3 is 2.89 bits per heavy atom. The third-order valence-corrected chi connectivity index (χ3v) is 4.33. The Labute approximate surface area is 161 Å². The van der Waals surface area contributed by atoms with Gasteiger partial charge in [0, 0.05) is 13.2 Å². The minimum absolute atomic E-state index is 0.0382. The number of carbonyl (C=O) groups is 1. The van der Waals surface area contributed by atoms with E-state index in [2.05, 4.69) is 19.2 Å². The molecule has 0 unspecified atom stereocenters. The van der Waals surface area contributed by atoms with Crippen LogP contribution in [0.5, 0.6) is 11.5 Å². The predicted octanol–water partition coefficient (Wildman–Crippen LogP) is 3.32. The summed E-state index contributed by atoms with van der Waals surface area (Å²) >= 11 is 0. The Hall–Kier alpha value is -2.52. The number of ether oxygens (including phenoxy) is 3.